The summed E-state index contributed by atoms with van der Waals surface area (Å²) in [6, 6.07) is 5.80. The minimum Gasteiger partial charge on any atom is -0.316 e. The van der Waals surface area contributed by atoms with Gasteiger partial charge in [0, 0.05) is 0 Å². The van der Waals surface area contributed by atoms with Crippen molar-refractivity contribution in [1.82, 2.24) is 5.32 Å². The third kappa shape index (κ3) is 5.08. The molecule has 0 atom stereocenters. The monoisotopic (exact) mass is 259 g/mol. The van der Waals surface area contributed by atoms with E-state index in [9.17, 15) is 13.2 Å². The Labute approximate surface area is 106 Å². The molecule has 0 saturated heterocycles. The molecule has 102 valence electrons. The standard InChI is InChI=1S/C14H20F3N/c1-11(2)10-18-9-5-7-12-6-3-4-8-13(12)14(15,16)17/h3-4,6,8,11,18H,5,7,9-10H2,1-2H3. The zero-order valence-corrected chi connectivity index (χ0v) is 10.8. The van der Waals surface area contributed by atoms with E-state index in [4.69, 9.17) is 0 Å². The number of benzene rings is 1. The topological polar surface area (TPSA) is 12.0 Å². The lowest BCUT2D eigenvalue weighted by Crippen LogP contribution is -2.21. The van der Waals surface area contributed by atoms with Crippen LogP contribution in [0.15, 0.2) is 24.3 Å². The molecule has 0 amide bonds. The van der Waals surface area contributed by atoms with Crippen LogP contribution in [0.2, 0.25) is 0 Å². The number of alkyl halides is 3. The fourth-order valence-electron chi connectivity index (χ4n) is 1.81. The van der Waals surface area contributed by atoms with E-state index in [1.54, 1.807) is 12.1 Å². The number of hydrogen-bond acceptors (Lipinski definition) is 1. The van der Waals surface area contributed by atoms with Crippen LogP contribution in [0.5, 0.6) is 0 Å². The summed E-state index contributed by atoms with van der Waals surface area (Å²) in [6.45, 7) is 5.86. The van der Waals surface area contributed by atoms with Gasteiger partial charge in [0.25, 0.3) is 0 Å². The maximum absolute atomic E-state index is 12.7. The van der Waals surface area contributed by atoms with Crippen molar-refractivity contribution in [1.29, 1.82) is 0 Å². The Morgan fingerprint density at radius 2 is 1.83 bits per heavy atom. The van der Waals surface area contributed by atoms with Crippen LogP contribution in [-0.4, -0.2) is 13.1 Å². The molecule has 1 rings (SSSR count). The first kappa shape index (κ1) is 15.0. The highest BCUT2D eigenvalue weighted by Crippen LogP contribution is 2.32. The Balaban J connectivity index is 2.47. The van der Waals surface area contributed by atoms with Crippen LogP contribution in [0, 0.1) is 5.92 Å². The van der Waals surface area contributed by atoms with Crippen molar-refractivity contribution < 1.29 is 13.2 Å². The van der Waals surface area contributed by atoms with E-state index in [2.05, 4.69) is 19.2 Å². The number of aryl methyl sites for hydroxylation is 1. The maximum Gasteiger partial charge on any atom is 0.416 e. The Hall–Kier alpha value is -1.03. The number of hydrogen-bond donors (Lipinski definition) is 1. The summed E-state index contributed by atoms with van der Waals surface area (Å²) in [5.74, 6) is 0.562. The molecule has 0 aliphatic heterocycles. The molecule has 4 heteroatoms. The first-order valence-corrected chi connectivity index (χ1v) is 6.27. The third-order valence-electron chi connectivity index (χ3n) is 2.68. The Morgan fingerprint density at radius 1 is 1.17 bits per heavy atom. The van der Waals surface area contributed by atoms with Gasteiger partial charge in [-0.1, -0.05) is 32.0 Å². The van der Waals surface area contributed by atoms with Gasteiger partial charge in [0.05, 0.1) is 5.56 Å². The van der Waals surface area contributed by atoms with E-state index in [1.807, 2.05) is 0 Å². The lowest BCUT2D eigenvalue weighted by atomic mass is 10.0. The Kier molecular flexibility index (Phi) is 5.66. The molecule has 1 N–H and O–H groups in total. The molecule has 0 heterocycles. The molecule has 0 fully saturated rings. The predicted molar refractivity (Wildman–Crippen MR) is 67.5 cm³/mol. The second kappa shape index (κ2) is 6.78. The summed E-state index contributed by atoms with van der Waals surface area (Å²) in [5.41, 5.74) is -0.120. The largest absolute Gasteiger partial charge is 0.416 e. The van der Waals surface area contributed by atoms with E-state index in [0.717, 1.165) is 25.6 Å². The fourth-order valence-corrected chi connectivity index (χ4v) is 1.81. The molecule has 0 aromatic heterocycles. The van der Waals surface area contributed by atoms with Gasteiger partial charge >= 0.3 is 6.18 Å². The molecule has 0 spiro atoms. The molecule has 0 unspecified atom stereocenters. The van der Waals surface area contributed by atoms with Crippen molar-refractivity contribution in [2.75, 3.05) is 13.1 Å². The molecular weight excluding hydrogens is 239 g/mol. The average Bonchev–Trinajstić information content (AvgIpc) is 2.27. The maximum atomic E-state index is 12.7. The molecule has 1 aromatic rings. The van der Waals surface area contributed by atoms with Crippen LogP contribution in [0.25, 0.3) is 0 Å². The van der Waals surface area contributed by atoms with Crippen LogP contribution < -0.4 is 5.32 Å². The average molecular weight is 259 g/mol. The van der Waals surface area contributed by atoms with E-state index in [1.165, 1.54) is 6.07 Å². The quantitative estimate of drug-likeness (QED) is 0.764. The van der Waals surface area contributed by atoms with Gasteiger partial charge in [-0.3, -0.25) is 0 Å². The molecule has 0 saturated carbocycles. The van der Waals surface area contributed by atoms with Gasteiger partial charge in [0.1, 0.15) is 0 Å². The first-order chi connectivity index (χ1) is 8.41. The summed E-state index contributed by atoms with van der Waals surface area (Å²) in [6.07, 6.45) is -3.07. The zero-order valence-electron chi connectivity index (χ0n) is 10.8. The van der Waals surface area contributed by atoms with Crippen molar-refractivity contribution in [3.8, 4) is 0 Å². The van der Waals surface area contributed by atoms with Crippen molar-refractivity contribution in [3.05, 3.63) is 35.4 Å². The summed E-state index contributed by atoms with van der Waals surface area (Å²) in [5, 5.41) is 3.23. The van der Waals surface area contributed by atoms with Gasteiger partial charge in [-0.25, -0.2) is 0 Å². The van der Waals surface area contributed by atoms with Crippen molar-refractivity contribution >= 4 is 0 Å². The van der Waals surface area contributed by atoms with Crippen molar-refractivity contribution in [3.63, 3.8) is 0 Å². The molecule has 18 heavy (non-hydrogen) atoms. The highest BCUT2D eigenvalue weighted by atomic mass is 19.4. The second-order valence-corrected chi connectivity index (χ2v) is 4.86. The molecule has 1 aromatic carbocycles. The second-order valence-electron chi connectivity index (χ2n) is 4.86. The van der Waals surface area contributed by atoms with Gasteiger partial charge in [0.15, 0.2) is 0 Å². The number of rotatable bonds is 6. The van der Waals surface area contributed by atoms with Gasteiger partial charge in [-0.2, -0.15) is 13.2 Å². The van der Waals surface area contributed by atoms with E-state index in [0.29, 0.717) is 17.9 Å². The number of nitrogens with one attached hydrogen (secondary N) is 1. The van der Waals surface area contributed by atoms with Gasteiger partial charge in [-0.15, -0.1) is 0 Å². The molecule has 1 nitrogen and oxygen atoms in total. The highest BCUT2D eigenvalue weighted by Gasteiger charge is 2.32. The molecule has 0 aliphatic carbocycles. The van der Waals surface area contributed by atoms with E-state index >= 15 is 0 Å². The van der Waals surface area contributed by atoms with E-state index in [-0.39, 0.29) is 0 Å². The summed E-state index contributed by atoms with van der Waals surface area (Å²) in [7, 11) is 0. The minimum atomic E-state index is -4.25. The highest BCUT2D eigenvalue weighted by molar-refractivity contribution is 5.29. The van der Waals surface area contributed by atoms with Crippen LogP contribution >= 0.6 is 0 Å². The summed E-state index contributed by atoms with van der Waals surface area (Å²) >= 11 is 0. The summed E-state index contributed by atoms with van der Waals surface area (Å²) < 4.78 is 38.1. The lowest BCUT2D eigenvalue weighted by molar-refractivity contribution is -0.138. The van der Waals surface area contributed by atoms with Gasteiger partial charge in [0.2, 0.25) is 0 Å². The van der Waals surface area contributed by atoms with E-state index < -0.39 is 11.7 Å². The fraction of sp³-hybridized carbons (Fsp3) is 0.571. The van der Waals surface area contributed by atoms with Crippen LogP contribution in [0.3, 0.4) is 0 Å². The SMILES string of the molecule is CC(C)CNCCCc1ccccc1C(F)(F)F. The Bertz CT molecular complexity index is 358. The number of halogens is 3. The van der Waals surface area contributed by atoms with Crippen LogP contribution in [0.4, 0.5) is 13.2 Å². The van der Waals surface area contributed by atoms with Crippen molar-refractivity contribution in [2.45, 2.75) is 32.9 Å². The smallest absolute Gasteiger partial charge is 0.316 e. The molecule has 0 radical (unpaired) electrons. The molecule has 0 aliphatic rings. The zero-order chi connectivity index (χ0) is 13.6. The molecular formula is C14H20F3N. The Morgan fingerprint density at radius 3 is 2.44 bits per heavy atom. The lowest BCUT2D eigenvalue weighted by Gasteiger charge is -2.13. The normalized spacial score (nSPS) is 12.1. The van der Waals surface area contributed by atoms with Crippen LogP contribution in [-0.2, 0) is 12.6 Å². The predicted octanol–water partition coefficient (Wildman–Crippen LogP) is 3.88. The minimum absolute atomic E-state index is 0.386. The molecule has 0 bridgehead atoms. The van der Waals surface area contributed by atoms with Crippen molar-refractivity contribution in [2.24, 2.45) is 5.92 Å². The first-order valence-electron chi connectivity index (χ1n) is 6.27. The third-order valence-corrected chi connectivity index (χ3v) is 2.68. The van der Waals surface area contributed by atoms with Gasteiger partial charge in [-0.05, 0) is 43.5 Å². The van der Waals surface area contributed by atoms with Crippen LogP contribution in [0.1, 0.15) is 31.4 Å². The van der Waals surface area contributed by atoms with Gasteiger partial charge < -0.3 is 5.32 Å². The summed E-state index contributed by atoms with van der Waals surface area (Å²) in [4.78, 5) is 0.